The highest BCUT2D eigenvalue weighted by Gasteiger charge is 2.32. The van der Waals surface area contributed by atoms with Crippen LogP contribution in [0.1, 0.15) is 18.4 Å². The van der Waals surface area contributed by atoms with E-state index in [4.69, 9.17) is 4.74 Å². The third-order valence-electron chi connectivity index (χ3n) is 5.57. The van der Waals surface area contributed by atoms with E-state index in [1.54, 1.807) is 38.0 Å². The monoisotopic (exact) mass is 428 g/mol. The van der Waals surface area contributed by atoms with Gasteiger partial charge < -0.3 is 14.5 Å². The molecule has 0 radical (unpaired) electrons. The minimum Gasteiger partial charge on any atom is -0.494 e. The molecule has 162 valence electrons. The van der Waals surface area contributed by atoms with Crippen molar-refractivity contribution in [2.45, 2.75) is 25.1 Å². The molecule has 2 aromatic heterocycles. The summed E-state index contributed by atoms with van der Waals surface area (Å²) in [7, 11) is 1.58. The maximum Gasteiger partial charge on any atom is 0.416 e. The smallest absolute Gasteiger partial charge is 0.416 e. The molecule has 0 aliphatic carbocycles. The summed E-state index contributed by atoms with van der Waals surface area (Å²) in [6, 6.07) is 11.1. The number of aromatic nitrogens is 2. The summed E-state index contributed by atoms with van der Waals surface area (Å²) in [6.45, 7) is 1.66. The number of rotatable bonds is 5. The number of nitrogens with zero attached hydrogens (tertiary/aromatic N) is 4. The molecule has 5 nitrogen and oxygen atoms in total. The van der Waals surface area contributed by atoms with Crippen LogP contribution in [-0.4, -0.2) is 36.2 Å². The third-order valence-corrected chi connectivity index (χ3v) is 5.57. The van der Waals surface area contributed by atoms with Gasteiger partial charge in [0.05, 0.1) is 18.9 Å². The molecule has 0 amide bonds. The minimum atomic E-state index is -4.37. The summed E-state index contributed by atoms with van der Waals surface area (Å²) in [5, 5.41) is 0. The summed E-state index contributed by atoms with van der Waals surface area (Å²) in [4.78, 5) is 12.7. The average molecular weight is 428 g/mol. The Labute approximate surface area is 179 Å². The lowest BCUT2D eigenvalue weighted by molar-refractivity contribution is -0.137. The molecule has 31 heavy (non-hydrogen) atoms. The lowest BCUT2D eigenvalue weighted by Gasteiger charge is -2.40. The van der Waals surface area contributed by atoms with E-state index in [2.05, 4.69) is 19.8 Å². The molecule has 1 aliphatic heterocycles. The number of methoxy groups -OCH3 is 1. The summed E-state index contributed by atoms with van der Waals surface area (Å²) in [6.07, 6.45) is 4.19. The van der Waals surface area contributed by atoms with Gasteiger partial charge in [0.15, 0.2) is 0 Å². The van der Waals surface area contributed by atoms with Crippen molar-refractivity contribution in [1.82, 2.24) is 9.97 Å². The molecule has 0 N–H and O–H groups in total. The highest BCUT2D eigenvalue weighted by atomic mass is 19.4. The van der Waals surface area contributed by atoms with Crippen LogP contribution >= 0.6 is 0 Å². The highest BCUT2D eigenvalue weighted by Crippen LogP contribution is 2.39. The Bertz CT molecular complexity index is 988. The van der Waals surface area contributed by atoms with Crippen LogP contribution in [0.2, 0.25) is 0 Å². The maximum atomic E-state index is 13.1. The first-order chi connectivity index (χ1) is 15.0. The number of hydrogen-bond donors (Lipinski definition) is 0. The van der Waals surface area contributed by atoms with Crippen LogP contribution in [0.3, 0.4) is 0 Å². The van der Waals surface area contributed by atoms with Crippen molar-refractivity contribution in [3.63, 3.8) is 0 Å². The van der Waals surface area contributed by atoms with Crippen LogP contribution in [-0.2, 0) is 6.18 Å². The fourth-order valence-corrected chi connectivity index (χ4v) is 4.02. The Morgan fingerprint density at radius 2 is 1.58 bits per heavy atom. The van der Waals surface area contributed by atoms with Crippen molar-refractivity contribution < 1.29 is 17.9 Å². The number of alkyl halides is 3. The molecule has 4 rings (SSSR count). The summed E-state index contributed by atoms with van der Waals surface area (Å²) >= 11 is 0. The van der Waals surface area contributed by atoms with Crippen molar-refractivity contribution in [1.29, 1.82) is 0 Å². The van der Waals surface area contributed by atoms with Crippen molar-refractivity contribution in [2.75, 3.05) is 30.0 Å². The van der Waals surface area contributed by atoms with Gasteiger partial charge in [-0.05, 0) is 49.2 Å². The van der Waals surface area contributed by atoms with E-state index in [1.165, 1.54) is 12.1 Å². The second-order valence-electron chi connectivity index (χ2n) is 7.39. The van der Waals surface area contributed by atoms with E-state index < -0.39 is 11.7 Å². The zero-order valence-electron chi connectivity index (χ0n) is 17.1. The van der Waals surface area contributed by atoms with E-state index in [0.29, 0.717) is 11.4 Å². The van der Waals surface area contributed by atoms with Gasteiger partial charge in [0.2, 0.25) is 0 Å². The topological polar surface area (TPSA) is 41.5 Å². The first-order valence-electron chi connectivity index (χ1n) is 10.1. The van der Waals surface area contributed by atoms with Crippen molar-refractivity contribution >= 4 is 17.1 Å². The summed E-state index contributed by atoms with van der Waals surface area (Å²) in [5.74, 6) is 0.631. The van der Waals surface area contributed by atoms with Gasteiger partial charge in [-0.1, -0.05) is 0 Å². The first-order valence-corrected chi connectivity index (χ1v) is 10.1. The predicted molar refractivity (Wildman–Crippen MR) is 114 cm³/mol. The van der Waals surface area contributed by atoms with Crippen LogP contribution in [0.25, 0.3) is 0 Å². The molecular formula is C23H23F3N4O. The molecule has 0 unspecified atom stereocenters. The SMILES string of the molecule is COc1ccncc1N(c1ccc(C(F)(F)F)cc1)C1CCN(c2ccncc2)CC1. The van der Waals surface area contributed by atoms with E-state index in [9.17, 15) is 13.2 Å². The number of anilines is 3. The number of benzene rings is 1. The molecule has 1 aliphatic rings. The molecule has 1 aromatic carbocycles. The first kappa shape index (κ1) is 21.0. The Balaban J connectivity index is 1.64. The number of hydrogen-bond acceptors (Lipinski definition) is 5. The van der Waals surface area contributed by atoms with Crippen LogP contribution in [0, 0.1) is 0 Å². The molecule has 1 saturated heterocycles. The zero-order chi connectivity index (χ0) is 21.8. The van der Waals surface area contributed by atoms with Crippen LogP contribution in [0.5, 0.6) is 5.75 Å². The lowest BCUT2D eigenvalue weighted by Crippen LogP contribution is -2.43. The number of pyridine rings is 2. The summed E-state index contributed by atoms with van der Waals surface area (Å²) in [5.41, 5.74) is 1.88. The Hall–Kier alpha value is -3.29. The highest BCUT2D eigenvalue weighted by molar-refractivity contribution is 5.69. The van der Waals surface area contributed by atoms with Gasteiger partial charge in [-0.3, -0.25) is 9.97 Å². The van der Waals surface area contributed by atoms with Crippen LogP contribution < -0.4 is 14.5 Å². The number of piperidine rings is 1. The Morgan fingerprint density at radius 3 is 2.19 bits per heavy atom. The molecule has 1 fully saturated rings. The van der Waals surface area contributed by atoms with E-state index in [0.717, 1.165) is 49.4 Å². The van der Waals surface area contributed by atoms with Crippen LogP contribution in [0.4, 0.5) is 30.2 Å². The molecule has 8 heteroatoms. The molecule has 0 saturated carbocycles. The molecular weight excluding hydrogens is 405 g/mol. The quantitative estimate of drug-likeness (QED) is 0.551. The minimum absolute atomic E-state index is 0.0907. The predicted octanol–water partition coefficient (Wildman–Crippen LogP) is 5.31. The molecule has 3 heterocycles. The van der Waals surface area contributed by atoms with E-state index in [1.807, 2.05) is 12.1 Å². The van der Waals surface area contributed by atoms with Gasteiger partial charge in [0.25, 0.3) is 0 Å². The van der Waals surface area contributed by atoms with Crippen molar-refractivity contribution in [3.8, 4) is 5.75 Å². The van der Waals surface area contributed by atoms with Gasteiger partial charge in [-0.25, -0.2) is 0 Å². The number of ether oxygens (including phenoxy) is 1. The molecule has 0 bridgehead atoms. The second kappa shape index (κ2) is 8.83. The fraction of sp³-hybridized carbons (Fsp3) is 0.304. The summed E-state index contributed by atoms with van der Waals surface area (Å²) < 4.78 is 44.7. The second-order valence-corrected chi connectivity index (χ2v) is 7.39. The average Bonchev–Trinajstić information content (AvgIpc) is 2.80. The van der Waals surface area contributed by atoms with Crippen molar-refractivity contribution in [2.24, 2.45) is 0 Å². The van der Waals surface area contributed by atoms with Crippen LogP contribution in [0.15, 0.2) is 67.3 Å². The molecule has 3 aromatic rings. The van der Waals surface area contributed by atoms with E-state index in [-0.39, 0.29) is 6.04 Å². The van der Waals surface area contributed by atoms with Gasteiger partial charge in [-0.2, -0.15) is 13.2 Å². The third kappa shape index (κ3) is 4.57. The largest absolute Gasteiger partial charge is 0.494 e. The maximum absolute atomic E-state index is 13.1. The Morgan fingerprint density at radius 1 is 0.935 bits per heavy atom. The zero-order valence-corrected chi connectivity index (χ0v) is 17.1. The Kier molecular flexibility index (Phi) is 5.97. The van der Waals surface area contributed by atoms with Gasteiger partial charge >= 0.3 is 6.18 Å². The normalized spacial score (nSPS) is 15.0. The molecule has 0 atom stereocenters. The van der Waals surface area contributed by atoms with Gasteiger partial charge in [0.1, 0.15) is 11.4 Å². The molecule has 0 spiro atoms. The standard InChI is InChI=1S/C23H23F3N4O/c1-31-22-8-13-28-16-21(22)30(19-4-2-17(3-5-19)23(24,25)26)20-9-14-29(15-10-20)18-6-11-27-12-7-18/h2-8,11-13,16,20H,9-10,14-15H2,1H3. The lowest BCUT2D eigenvalue weighted by atomic mass is 10.0. The number of halogens is 3. The van der Waals surface area contributed by atoms with Gasteiger partial charge in [-0.15, -0.1) is 0 Å². The van der Waals surface area contributed by atoms with Crippen molar-refractivity contribution in [3.05, 3.63) is 72.8 Å². The fourth-order valence-electron chi connectivity index (χ4n) is 4.02. The van der Waals surface area contributed by atoms with E-state index >= 15 is 0 Å². The van der Waals surface area contributed by atoms with Gasteiger partial charge in [0, 0.05) is 55.2 Å².